The molecular weight excluding hydrogens is 206 g/mol. The van der Waals surface area contributed by atoms with Gasteiger partial charge in [0.05, 0.1) is 0 Å². The summed E-state index contributed by atoms with van der Waals surface area (Å²) in [7, 11) is 0. The summed E-state index contributed by atoms with van der Waals surface area (Å²) in [6, 6.07) is 0. The monoisotopic (exact) mass is 227 g/mol. The van der Waals surface area contributed by atoms with E-state index in [4.69, 9.17) is 4.74 Å². The lowest BCUT2D eigenvalue weighted by Gasteiger charge is -2.35. The second-order valence-electron chi connectivity index (χ2n) is 5.62. The molecule has 1 heterocycles. The Morgan fingerprint density at radius 3 is 2.50 bits per heavy atom. The highest BCUT2D eigenvalue weighted by Gasteiger charge is 2.30. The average molecular weight is 227 g/mol. The maximum absolute atomic E-state index is 11.8. The van der Waals surface area contributed by atoms with Crippen LogP contribution in [0.1, 0.15) is 34.1 Å². The summed E-state index contributed by atoms with van der Waals surface area (Å²) in [5, 5.41) is 0. The summed E-state index contributed by atoms with van der Waals surface area (Å²) in [6.45, 7) is 8.75. The van der Waals surface area contributed by atoms with E-state index in [1.165, 1.54) is 0 Å². The lowest BCUT2D eigenvalue weighted by molar-refractivity contribution is -0.113. The Hall–Kier alpha value is -1.06. The van der Waals surface area contributed by atoms with E-state index in [0.717, 1.165) is 12.7 Å². The number of carbonyl (C=O) groups excluding carboxylic acids is 2. The Kier molecular flexibility index (Phi) is 3.94. The molecule has 0 spiro atoms. The molecule has 0 aliphatic carbocycles. The molecule has 0 saturated carbocycles. The molecule has 0 aromatic heterocycles. The van der Waals surface area contributed by atoms with Gasteiger partial charge in [-0.05, 0) is 33.1 Å². The molecule has 0 aromatic carbocycles. The Balaban J connectivity index is 2.58. The fourth-order valence-corrected chi connectivity index (χ4v) is 1.97. The molecule has 0 N–H and O–H groups in total. The quantitative estimate of drug-likeness (QED) is 0.644. The zero-order valence-electron chi connectivity index (χ0n) is 10.5. The van der Waals surface area contributed by atoms with Gasteiger partial charge in [-0.2, -0.15) is 0 Å². The van der Waals surface area contributed by atoms with Crippen LogP contribution in [-0.4, -0.2) is 36.0 Å². The van der Waals surface area contributed by atoms with E-state index in [-0.39, 0.29) is 12.0 Å². The van der Waals surface area contributed by atoms with Crippen LogP contribution in [-0.2, 0) is 9.53 Å². The summed E-state index contributed by atoms with van der Waals surface area (Å²) in [4.78, 5) is 24.2. The fraction of sp³-hybridized carbons (Fsp3) is 0.833. The molecule has 1 aliphatic heterocycles. The van der Waals surface area contributed by atoms with Crippen LogP contribution in [0.25, 0.3) is 0 Å². The Bertz CT molecular complexity index is 270. The lowest BCUT2D eigenvalue weighted by atomic mass is 9.92. The number of rotatable bonds is 1. The van der Waals surface area contributed by atoms with Gasteiger partial charge < -0.3 is 14.4 Å². The van der Waals surface area contributed by atoms with Gasteiger partial charge in [0.25, 0.3) is 0 Å². The minimum Gasteiger partial charge on any atom is -0.444 e. The maximum Gasteiger partial charge on any atom is 0.410 e. The largest absolute Gasteiger partial charge is 0.444 e. The molecule has 1 aliphatic rings. The topological polar surface area (TPSA) is 46.6 Å². The molecule has 16 heavy (non-hydrogen) atoms. The first-order valence-corrected chi connectivity index (χ1v) is 5.75. The van der Waals surface area contributed by atoms with Gasteiger partial charge in [-0.15, -0.1) is 0 Å². The smallest absolute Gasteiger partial charge is 0.410 e. The zero-order valence-corrected chi connectivity index (χ0v) is 10.5. The SMILES string of the molecule is CC1CC(C=O)CN(C(=O)OC(C)(C)C)C1. The Morgan fingerprint density at radius 1 is 1.38 bits per heavy atom. The number of likely N-dealkylation sites (tertiary alicyclic amines) is 1. The van der Waals surface area contributed by atoms with Crippen molar-refractivity contribution in [1.82, 2.24) is 4.90 Å². The van der Waals surface area contributed by atoms with Gasteiger partial charge in [0.15, 0.2) is 0 Å². The first-order chi connectivity index (χ1) is 7.31. The van der Waals surface area contributed by atoms with Crippen molar-refractivity contribution in [1.29, 1.82) is 0 Å². The van der Waals surface area contributed by atoms with Crippen molar-refractivity contribution in [3.63, 3.8) is 0 Å². The first kappa shape index (κ1) is 13.0. The van der Waals surface area contributed by atoms with Gasteiger partial charge >= 0.3 is 6.09 Å². The molecule has 1 rings (SSSR count). The molecular formula is C12H21NO3. The predicted octanol–water partition coefficient (Wildman–Crippen LogP) is 2.08. The van der Waals surface area contributed by atoms with Gasteiger partial charge in [0, 0.05) is 19.0 Å². The first-order valence-electron chi connectivity index (χ1n) is 5.75. The van der Waals surface area contributed by atoms with Crippen LogP contribution >= 0.6 is 0 Å². The molecule has 0 radical (unpaired) electrons. The molecule has 0 bridgehead atoms. The van der Waals surface area contributed by atoms with Crippen molar-refractivity contribution in [2.45, 2.75) is 39.7 Å². The molecule has 4 nitrogen and oxygen atoms in total. The summed E-state index contributed by atoms with van der Waals surface area (Å²) in [5.74, 6) is 0.313. The summed E-state index contributed by atoms with van der Waals surface area (Å²) in [5.41, 5.74) is -0.478. The van der Waals surface area contributed by atoms with E-state index in [9.17, 15) is 9.59 Å². The number of aldehydes is 1. The number of hydrogen-bond acceptors (Lipinski definition) is 3. The molecule has 4 heteroatoms. The second kappa shape index (κ2) is 4.85. The van der Waals surface area contributed by atoms with E-state index in [1.54, 1.807) is 4.90 Å². The molecule has 0 aromatic rings. The minimum absolute atomic E-state index is 0.0451. The molecule has 1 fully saturated rings. The van der Waals surface area contributed by atoms with Gasteiger partial charge in [-0.3, -0.25) is 0 Å². The number of amides is 1. The summed E-state index contributed by atoms with van der Waals surface area (Å²) < 4.78 is 5.29. The van der Waals surface area contributed by atoms with Crippen LogP contribution in [0.3, 0.4) is 0 Å². The highest BCUT2D eigenvalue weighted by molar-refractivity contribution is 5.69. The van der Waals surface area contributed by atoms with Crippen LogP contribution in [0.5, 0.6) is 0 Å². The van der Waals surface area contributed by atoms with Gasteiger partial charge in [0.2, 0.25) is 0 Å². The van der Waals surface area contributed by atoms with Gasteiger partial charge in [-0.1, -0.05) is 6.92 Å². The standard InChI is InChI=1S/C12H21NO3/c1-9-5-10(8-14)7-13(6-9)11(15)16-12(2,3)4/h8-10H,5-7H2,1-4H3. The highest BCUT2D eigenvalue weighted by atomic mass is 16.6. The molecule has 2 atom stereocenters. The van der Waals surface area contributed by atoms with E-state index in [2.05, 4.69) is 0 Å². The van der Waals surface area contributed by atoms with E-state index >= 15 is 0 Å². The van der Waals surface area contributed by atoms with Crippen molar-refractivity contribution in [2.24, 2.45) is 11.8 Å². The van der Waals surface area contributed by atoms with Crippen LogP contribution < -0.4 is 0 Å². The van der Waals surface area contributed by atoms with Crippen molar-refractivity contribution in [2.75, 3.05) is 13.1 Å². The molecule has 1 saturated heterocycles. The third-order valence-corrected chi connectivity index (χ3v) is 2.54. The van der Waals surface area contributed by atoms with Crippen LogP contribution in [0.2, 0.25) is 0 Å². The van der Waals surface area contributed by atoms with Crippen molar-refractivity contribution < 1.29 is 14.3 Å². The molecule has 1 amide bonds. The highest BCUT2D eigenvalue weighted by Crippen LogP contribution is 2.21. The lowest BCUT2D eigenvalue weighted by Crippen LogP contribution is -2.45. The number of nitrogens with zero attached hydrogens (tertiary/aromatic N) is 1. The Labute approximate surface area is 96.9 Å². The summed E-state index contributed by atoms with van der Waals surface area (Å²) >= 11 is 0. The second-order valence-corrected chi connectivity index (χ2v) is 5.62. The third kappa shape index (κ3) is 3.83. The van der Waals surface area contributed by atoms with Crippen LogP contribution in [0.4, 0.5) is 4.79 Å². The average Bonchev–Trinajstić information content (AvgIpc) is 2.14. The van der Waals surface area contributed by atoms with Crippen LogP contribution in [0, 0.1) is 11.8 Å². The van der Waals surface area contributed by atoms with E-state index in [0.29, 0.717) is 19.0 Å². The number of hydrogen-bond donors (Lipinski definition) is 0. The third-order valence-electron chi connectivity index (χ3n) is 2.54. The molecule has 2 unspecified atom stereocenters. The summed E-state index contributed by atoms with van der Waals surface area (Å²) in [6.07, 6.45) is 1.49. The van der Waals surface area contributed by atoms with Gasteiger partial charge in [-0.25, -0.2) is 4.79 Å². The number of piperidine rings is 1. The van der Waals surface area contributed by atoms with Gasteiger partial charge in [0.1, 0.15) is 11.9 Å². The van der Waals surface area contributed by atoms with Crippen molar-refractivity contribution >= 4 is 12.4 Å². The Morgan fingerprint density at radius 2 is 2.00 bits per heavy atom. The van der Waals surface area contributed by atoms with E-state index in [1.807, 2.05) is 27.7 Å². The number of ether oxygens (including phenoxy) is 1. The zero-order chi connectivity index (χ0) is 12.3. The minimum atomic E-state index is -0.478. The predicted molar refractivity (Wildman–Crippen MR) is 61.1 cm³/mol. The van der Waals surface area contributed by atoms with Crippen molar-refractivity contribution in [3.05, 3.63) is 0 Å². The number of carbonyl (C=O) groups is 2. The normalized spacial score (nSPS) is 26.4. The maximum atomic E-state index is 11.8. The van der Waals surface area contributed by atoms with E-state index < -0.39 is 5.60 Å². The van der Waals surface area contributed by atoms with Crippen molar-refractivity contribution in [3.8, 4) is 0 Å². The molecule has 92 valence electrons. The fourth-order valence-electron chi connectivity index (χ4n) is 1.97. The van der Waals surface area contributed by atoms with Crippen LogP contribution in [0.15, 0.2) is 0 Å².